The molecule has 0 N–H and O–H groups in total. The first-order valence-corrected chi connectivity index (χ1v) is 9.98. The fourth-order valence-electron chi connectivity index (χ4n) is 3.77. The van der Waals surface area contributed by atoms with Crippen molar-refractivity contribution in [1.29, 1.82) is 0 Å². The smallest absolute Gasteiger partial charge is 0.336 e. The van der Waals surface area contributed by atoms with Crippen LogP contribution in [0.5, 0.6) is 0 Å². The zero-order valence-electron chi connectivity index (χ0n) is 15.2. The van der Waals surface area contributed by atoms with Gasteiger partial charge in [0.15, 0.2) is 0 Å². The molecule has 6 nitrogen and oxygen atoms in total. The highest BCUT2D eigenvalue weighted by Gasteiger charge is 2.16. The second-order valence-electron chi connectivity index (χ2n) is 7.00. The maximum atomic E-state index is 12.0. The molecule has 1 aliphatic carbocycles. The molecule has 0 aliphatic heterocycles. The van der Waals surface area contributed by atoms with Crippen LogP contribution < -0.4 is 5.63 Å². The lowest BCUT2D eigenvalue weighted by Gasteiger charge is -2.07. The quantitative estimate of drug-likeness (QED) is 0.400. The van der Waals surface area contributed by atoms with Crippen LogP contribution in [0.2, 0.25) is 0 Å². The number of nitrogens with zero attached hydrogens (tertiary/aromatic N) is 4. The fraction of sp³-hybridized carbons (Fsp3) is 0.300. The van der Waals surface area contributed by atoms with E-state index in [2.05, 4.69) is 21.1 Å². The largest absolute Gasteiger partial charge is 0.423 e. The molecule has 0 unspecified atom stereocenters. The first-order valence-electron chi connectivity index (χ1n) is 8.99. The highest BCUT2D eigenvalue weighted by molar-refractivity contribution is 7.98. The second-order valence-corrected chi connectivity index (χ2v) is 7.94. The van der Waals surface area contributed by atoms with Crippen molar-refractivity contribution in [2.75, 3.05) is 0 Å². The summed E-state index contributed by atoms with van der Waals surface area (Å²) < 4.78 is 7.20. The van der Waals surface area contributed by atoms with Gasteiger partial charge in [-0.2, -0.15) is 4.98 Å². The Morgan fingerprint density at radius 3 is 2.78 bits per heavy atom. The topological polar surface area (TPSA) is 73.3 Å². The van der Waals surface area contributed by atoms with Crippen LogP contribution in [0.1, 0.15) is 34.5 Å². The van der Waals surface area contributed by atoms with Gasteiger partial charge < -0.3 is 4.42 Å². The van der Waals surface area contributed by atoms with Crippen LogP contribution in [0.15, 0.2) is 38.6 Å². The molecule has 136 valence electrons. The summed E-state index contributed by atoms with van der Waals surface area (Å²) in [5, 5.41) is 6.20. The van der Waals surface area contributed by atoms with Crippen LogP contribution in [0.3, 0.4) is 0 Å². The molecule has 1 aromatic carbocycles. The van der Waals surface area contributed by atoms with E-state index in [1.807, 2.05) is 26.0 Å². The Labute approximate surface area is 159 Å². The highest BCUT2D eigenvalue weighted by Crippen LogP contribution is 2.30. The molecular formula is C20H18N4O2S. The molecular weight excluding hydrogens is 360 g/mol. The first-order chi connectivity index (χ1) is 13.1. The van der Waals surface area contributed by atoms with E-state index in [-0.39, 0.29) is 5.63 Å². The molecule has 0 fully saturated rings. The number of benzene rings is 1. The van der Waals surface area contributed by atoms with Crippen LogP contribution >= 0.6 is 11.8 Å². The minimum absolute atomic E-state index is 0.313. The minimum atomic E-state index is -0.313. The average molecular weight is 378 g/mol. The summed E-state index contributed by atoms with van der Waals surface area (Å²) in [5.74, 6) is 1.21. The summed E-state index contributed by atoms with van der Waals surface area (Å²) in [6.45, 7) is 3.93. The first kappa shape index (κ1) is 16.5. The van der Waals surface area contributed by atoms with Gasteiger partial charge in [0.2, 0.25) is 5.16 Å². The monoisotopic (exact) mass is 378 g/mol. The summed E-state index contributed by atoms with van der Waals surface area (Å²) in [6, 6.07) is 7.78. The van der Waals surface area contributed by atoms with Gasteiger partial charge in [0.25, 0.3) is 5.78 Å². The molecule has 0 radical (unpaired) electrons. The maximum absolute atomic E-state index is 12.0. The summed E-state index contributed by atoms with van der Waals surface area (Å²) in [6.07, 6.45) is 3.32. The van der Waals surface area contributed by atoms with Crippen LogP contribution in [-0.4, -0.2) is 19.6 Å². The zero-order chi connectivity index (χ0) is 18.5. The normalized spacial score (nSPS) is 13.6. The van der Waals surface area contributed by atoms with Gasteiger partial charge in [-0.3, -0.25) is 0 Å². The standard InChI is InChI=1S/C20H18N4O2S/c1-11-6-12(2)24-19(21-11)22-20(23-24)27-10-15-9-18(25)26-17-8-14-5-3-4-13(14)7-16(15)17/h6-9H,3-5,10H2,1-2H3. The van der Waals surface area contributed by atoms with Crippen LogP contribution in [0.4, 0.5) is 0 Å². The van der Waals surface area contributed by atoms with Crippen molar-refractivity contribution in [1.82, 2.24) is 19.6 Å². The Morgan fingerprint density at radius 1 is 1.11 bits per heavy atom. The fourth-order valence-corrected chi connectivity index (χ4v) is 4.57. The van der Waals surface area contributed by atoms with Crippen molar-refractivity contribution >= 4 is 28.5 Å². The summed E-state index contributed by atoms with van der Waals surface area (Å²) in [5.41, 5.74) is 5.91. The van der Waals surface area contributed by atoms with Gasteiger partial charge in [0, 0.05) is 28.6 Å². The number of hydrogen-bond acceptors (Lipinski definition) is 6. The Morgan fingerprint density at radius 2 is 1.93 bits per heavy atom. The molecule has 0 spiro atoms. The van der Waals surface area contributed by atoms with E-state index < -0.39 is 0 Å². The van der Waals surface area contributed by atoms with Crippen molar-refractivity contribution in [3.63, 3.8) is 0 Å². The maximum Gasteiger partial charge on any atom is 0.336 e. The molecule has 27 heavy (non-hydrogen) atoms. The number of thioether (sulfide) groups is 1. The lowest BCUT2D eigenvalue weighted by Crippen LogP contribution is -2.01. The third-order valence-corrected chi connectivity index (χ3v) is 5.88. The van der Waals surface area contributed by atoms with Crippen molar-refractivity contribution in [2.45, 2.75) is 44.0 Å². The Bertz CT molecular complexity index is 1260. The molecule has 0 bridgehead atoms. The molecule has 0 amide bonds. The van der Waals surface area contributed by atoms with E-state index in [0.29, 0.717) is 22.3 Å². The van der Waals surface area contributed by atoms with E-state index in [1.165, 1.54) is 22.9 Å². The van der Waals surface area contributed by atoms with Gasteiger partial charge in [-0.25, -0.2) is 14.3 Å². The minimum Gasteiger partial charge on any atom is -0.423 e. The molecule has 3 aromatic heterocycles. The lowest BCUT2D eigenvalue weighted by atomic mass is 10.0. The van der Waals surface area contributed by atoms with Crippen LogP contribution in [0.25, 0.3) is 16.7 Å². The highest BCUT2D eigenvalue weighted by atomic mass is 32.2. The van der Waals surface area contributed by atoms with E-state index in [1.54, 1.807) is 10.6 Å². The van der Waals surface area contributed by atoms with Crippen LogP contribution in [0, 0.1) is 13.8 Å². The molecule has 5 rings (SSSR count). The average Bonchev–Trinajstić information content (AvgIpc) is 3.23. The molecule has 0 saturated heterocycles. The number of aryl methyl sites for hydroxylation is 4. The summed E-state index contributed by atoms with van der Waals surface area (Å²) >= 11 is 1.51. The van der Waals surface area contributed by atoms with E-state index >= 15 is 0 Å². The van der Waals surface area contributed by atoms with Crippen molar-refractivity contribution in [2.24, 2.45) is 0 Å². The van der Waals surface area contributed by atoms with E-state index in [4.69, 9.17) is 4.42 Å². The van der Waals surface area contributed by atoms with Gasteiger partial charge in [-0.05, 0) is 68.0 Å². The summed E-state index contributed by atoms with van der Waals surface area (Å²) in [7, 11) is 0. The van der Waals surface area contributed by atoms with Gasteiger partial charge in [-0.15, -0.1) is 5.10 Å². The third-order valence-electron chi connectivity index (χ3n) is 5.00. The Hall–Kier alpha value is -2.67. The van der Waals surface area contributed by atoms with E-state index in [0.717, 1.165) is 41.6 Å². The summed E-state index contributed by atoms with van der Waals surface area (Å²) in [4.78, 5) is 21.0. The number of aromatic nitrogens is 4. The number of rotatable bonds is 3. The van der Waals surface area contributed by atoms with Crippen LogP contribution in [-0.2, 0) is 18.6 Å². The Kier molecular flexibility index (Phi) is 3.79. The van der Waals surface area contributed by atoms with Crippen molar-refractivity contribution < 1.29 is 4.42 Å². The van der Waals surface area contributed by atoms with Crippen molar-refractivity contribution in [3.8, 4) is 0 Å². The van der Waals surface area contributed by atoms with Gasteiger partial charge in [-0.1, -0.05) is 11.8 Å². The molecule has 0 atom stereocenters. The van der Waals surface area contributed by atoms with E-state index in [9.17, 15) is 4.79 Å². The molecule has 3 heterocycles. The predicted octanol–water partition coefficient (Wildman–Crippen LogP) is 3.63. The SMILES string of the molecule is Cc1cc(C)n2nc(SCc3cc(=O)oc4cc5c(cc34)CCC5)nc2n1. The van der Waals surface area contributed by atoms with Gasteiger partial charge >= 0.3 is 5.63 Å². The Balaban J connectivity index is 1.51. The van der Waals surface area contributed by atoms with Crippen molar-refractivity contribution in [3.05, 3.63) is 62.8 Å². The number of hydrogen-bond donors (Lipinski definition) is 0. The van der Waals surface area contributed by atoms with Gasteiger partial charge in [0.05, 0.1) is 0 Å². The molecule has 1 aliphatic rings. The number of fused-ring (bicyclic) bond motifs is 3. The molecule has 4 aromatic rings. The molecule has 0 saturated carbocycles. The second kappa shape index (κ2) is 6.20. The predicted molar refractivity (Wildman–Crippen MR) is 104 cm³/mol. The molecule has 7 heteroatoms. The zero-order valence-corrected chi connectivity index (χ0v) is 16.0. The third kappa shape index (κ3) is 2.92. The lowest BCUT2D eigenvalue weighted by molar-refractivity contribution is 0.559. The van der Waals surface area contributed by atoms with Gasteiger partial charge in [0.1, 0.15) is 5.58 Å².